The van der Waals surface area contributed by atoms with E-state index in [1.807, 2.05) is 6.07 Å². The van der Waals surface area contributed by atoms with E-state index in [1.54, 1.807) is 6.07 Å². The summed E-state index contributed by atoms with van der Waals surface area (Å²) >= 11 is 0. The van der Waals surface area contributed by atoms with E-state index in [0.29, 0.717) is 6.61 Å². The quantitative estimate of drug-likeness (QED) is 0.853. The third-order valence-electron chi connectivity index (χ3n) is 3.68. The minimum Gasteiger partial charge on any atom is -0.494 e. The van der Waals surface area contributed by atoms with Crippen LogP contribution in [-0.4, -0.2) is 19.3 Å². The minimum atomic E-state index is -0.353. The SMILES string of the molecule is COc1ccc(COC2CCCCCC2N)cc1F. The molecule has 1 aliphatic carbocycles. The van der Waals surface area contributed by atoms with Crippen LogP contribution in [0.15, 0.2) is 18.2 Å². The van der Waals surface area contributed by atoms with Crippen LogP contribution >= 0.6 is 0 Å². The highest BCUT2D eigenvalue weighted by Gasteiger charge is 2.20. The molecule has 1 aromatic rings. The van der Waals surface area contributed by atoms with Crippen molar-refractivity contribution in [3.63, 3.8) is 0 Å². The second kappa shape index (κ2) is 6.87. The van der Waals surface area contributed by atoms with Crippen molar-refractivity contribution in [1.82, 2.24) is 0 Å². The van der Waals surface area contributed by atoms with Crippen LogP contribution in [-0.2, 0) is 11.3 Å². The Hall–Kier alpha value is -1.13. The molecule has 0 saturated heterocycles. The number of benzene rings is 1. The zero-order chi connectivity index (χ0) is 13.7. The molecular weight excluding hydrogens is 245 g/mol. The zero-order valence-electron chi connectivity index (χ0n) is 11.4. The molecule has 1 fully saturated rings. The van der Waals surface area contributed by atoms with Gasteiger partial charge in [-0.25, -0.2) is 4.39 Å². The third kappa shape index (κ3) is 3.91. The van der Waals surface area contributed by atoms with Crippen molar-refractivity contribution in [2.75, 3.05) is 7.11 Å². The average Bonchev–Trinajstić information content (AvgIpc) is 2.61. The molecule has 0 heterocycles. The van der Waals surface area contributed by atoms with Crippen LogP contribution < -0.4 is 10.5 Å². The summed E-state index contributed by atoms with van der Waals surface area (Å²) in [5.41, 5.74) is 6.91. The van der Waals surface area contributed by atoms with Crippen molar-refractivity contribution in [2.24, 2.45) is 5.73 Å². The van der Waals surface area contributed by atoms with Crippen LogP contribution in [0.25, 0.3) is 0 Å². The lowest BCUT2D eigenvalue weighted by Crippen LogP contribution is -2.35. The van der Waals surface area contributed by atoms with Crippen LogP contribution in [0.3, 0.4) is 0 Å². The lowest BCUT2D eigenvalue weighted by molar-refractivity contribution is 0.0193. The Kier molecular flexibility index (Phi) is 5.16. The van der Waals surface area contributed by atoms with Crippen molar-refractivity contribution < 1.29 is 13.9 Å². The highest BCUT2D eigenvalue weighted by Crippen LogP contribution is 2.22. The van der Waals surface area contributed by atoms with E-state index in [9.17, 15) is 4.39 Å². The number of halogens is 1. The first kappa shape index (κ1) is 14.3. The van der Waals surface area contributed by atoms with Gasteiger partial charge in [-0.2, -0.15) is 0 Å². The highest BCUT2D eigenvalue weighted by molar-refractivity contribution is 5.28. The van der Waals surface area contributed by atoms with E-state index < -0.39 is 0 Å². The topological polar surface area (TPSA) is 44.5 Å². The van der Waals surface area contributed by atoms with Gasteiger partial charge in [0.15, 0.2) is 11.6 Å². The molecule has 1 aliphatic rings. The smallest absolute Gasteiger partial charge is 0.165 e. The molecule has 0 bridgehead atoms. The second-order valence-corrected chi connectivity index (χ2v) is 5.12. The normalized spacial score (nSPS) is 23.9. The molecule has 3 nitrogen and oxygen atoms in total. The lowest BCUT2D eigenvalue weighted by Gasteiger charge is -2.22. The molecule has 0 spiro atoms. The first-order chi connectivity index (χ1) is 9.20. The number of ether oxygens (including phenoxy) is 2. The van der Waals surface area contributed by atoms with E-state index in [4.69, 9.17) is 15.2 Å². The molecule has 2 unspecified atom stereocenters. The van der Waals surface area contributed by atoms with Crippen LogP contribution in [0, 0.1) is 5.82 Å². The van der Waals surface area contributed by atoms with E-state index in [2.05, 4.69) is 0 Å². The highest BCUT2D eigenvalue weighted by atomic mass is 19.1. The van der Waals surface area contributed by atoms with E-state index in [-0.39, 0.29) is 23.7 Å². The molecule has 2 N–H and O–H groups in total. The van der Waals surface area contributed by atoms with E-state index in [0.717, 1.165) is 24.8 Å². The van der Waals surface area contributed by atoms with Gasteiger partial charge in [-0.3, -0.25) is 0 Å². The maximum absolute atomic E-state index is 13.6. The van der Waals surface area contributed by atoms with Gasteiger partial charge in [0.25, 0.3) is 0 Å². The van der Waals surface area contributed by atoms with Crippen LogP contribution in [0.1, 0.15) is 37.7 Å². The van der Waals surface area contributed by atoms with Gasteiger partial charge in [-0.15, -0.1) is 0 Å². The van der Waals surface area contributed by atoms with Gasteiger partial charge in [-0.1, -0.05) is 25.3 Å². The van der Waals surface area contributed by atoms with Crippen LogP contribution in [0.2, 0.25) is 0 Å². The molecule has 2 rings (SSSR count). The van der Waals surface area contributed by atoms with E-state index >= 15 is 0 Å². The fourth-order valence-electron chi connectivity index (χ4n) is 2.51. The van der Waals surface area contributed by atoms with E-state index in [1.165, 1.54) is 26.0 Å². The lowest BCUT2D eigenvalue weighted by atomic mass is 10.1. The molecule has 0 aliphatic heterocycles. The monoisotopic (exact) mass is 267 g/mol. The number of rotatable bonds is 4. The predicted molar refractivity (Wildman–Crippen MR) is 72.6 cm³/mol. The van der Waals surface area contributed by atoms with Gasteiger partial charge < -0.3 is 15.2 Å². The number of methoxy groups -OCH3 is 1. The van der Waals surface area contributed by atoms with Gasteiger partial charge >= 0.3 is 0 Å². The van der Waals surface area contributed by atoms with Gasteiger partial charge in [0, 0.05) is 6.04 Å². The molecule has 19 heavy (non-hydrogen) atoms. The molecule has 0 aromatic heterocycles. The molecule has 106 valence electrons. The van der Waals surface area contributed by atoms with Gasteiger partial charge in [0.1, 0.15) is 0 Å². The summed E-state index contributed by atoms with van der Waals surface area (Å²) < 4.78 is 24.3. The molecule has 1 saturated carbocycles. The Labute approximate surface area is 113 Å². The molecule has 1 aromatic carbocycles. The van der Waals surface area contributed by atoms with Crippen molar-refractivity contribution in [3.05, 3.63) is 29.6 Å². The molecule has 0 radical (unpaired) electrons. The maximum Gasteiger partial charge on any atom is 0.165 e. The average molecular weight is 267 g/mol. The second-order valence-electron chi connectivity index (χ2n) is 5.12. The number of hydrogen-bond acceptors (Lipinski definition) is 3. The summed E-state index contributed by atoms with van der Waals surface area (Å²) in [5.74, 6) is -0.0938. The summed E-state index contributed by atoms with van der Waals surface area (Å²) in [6.45, 7) is 0.402. The summed E-state index contributed by atoms with van der Waals surface area (Å²) in [7, 11) is 1.46. The minimum absolute atomic E-state index is 0.0904. The summed E-state index contributed by atoms with van der Waals surface area (Å²) in [5, 5.41) is 0. The predicted octanol–water partition coefficient (Wildman–Crippen LogP) is 3.01. The Bertz CT molecular complexity index is 411. The zero-order valence-corrected chi connectivity index (χ0v) is 11.4. The van der Waals surface area contributed by atoms with Gasteiger partial charge in [0.2, 0.25) is 0 Å². The number of hydrogen-bond donors (Lipinski definition) is 1. The fraction of sp³-hybridized carbons (Fsp3) is 0.600. The van der Waals surface area contributed by atoms with Crippen molar-refractivity contribution >= 4 is 0 Å². The fourth-order valence-corrected chi connectivity index (χ4v) is 2.51. The van der Waals surface area contributed by atoms with Crippen molar-refractivity contribution in [1.29, 1.82) is 0 Å². The van der Waals surface area contributed by atoms with Gasteiger partial charge in [0.05, 0.1) is 19.8 Å². The summed E-state index contributed by atoms with van der Waals surface area (Å²) in [4.78, 5) is 0. The maximum atomic E-state index is 13.6. The summed E-state index contributed by atoms with van der Waals surface area (Å²) in [6, 6.07) is 5.01. The summed E-state index contributed by atoms with van der Waals surface area (Å²) in [6.07, 6.45) is 5.67. The van der Waals surface area contributed by atoms with Crippen molar-refractivity contribution in [3.8, 4) is 5.75 Å². The van der Waals surface area contributed by atoms with Crippen molar-refractivity contribution in [2.45, 2.75) is 50.9 Å². The third-order valence-corrected chi connectivity index (χ3v) is 3.68. The largest absolute Gasteiger partial charge is 0.494 e. The first-order valence-corrected chi connectivity index (χ1v) is 6.90. The Morgan fingerprint density at radius 3 is 2.79 bits per heavy atom. The van der Waals surface area contributed by atoms with Crippen LogP contribution in [0.4, 0.5) is 4.39 Å². The number of nitrogens with two attached hydrogens (primary N) is 1. The molecule has 2 atom stereocenters. The Morgan fingerprint density at radius 2 is 2.05 bits per heavy atom. The standard InChI is InChI=1S/C15H22FNO2/c1-18-14-8-7-11(9-12(14)16)10-19-15-6-4-2-3-5-13(15)17/h7-9,13,15H,2-6,10,17H2,1H3. The molecular formula is C15H22FNO2. The Balaban J connectivity index is 1.92. The first-order valence-electron chi connectivity index (χ1n) is 6.90. The molecule has 0 amide bonds. The Morgan fingerprint density at radius 1 is 1.26 bits per heavy atom. The molecule has 4 heteroatoms. The van der Waals surface area contributed by atoms with Gasteiger partial charge in [-0.05, 0) is 30.5 Å². The van der Waals surface area contributed by atoms with Crippen LogP contribution in [0.5, 0.6) is 5.75 Å².